The lowest BCUT2D eigenvalue weighted by Crippen LogP contribution is -2.44. The van der Waals surface area contributed by atoms with Crippen molar-refractivity contribution in [2.75, 3.05) is 38.1 Å². The predicted molar refractivity (Wildman–Crippen MR) is 68.9 cm³/mol. The van der Waals surface area contributed by atoms with Gasteiger partial charge in [0.15, 0.2) is 0 Å². The molecular weight excluding hydrogens is 275 g/mol. The second kappa shape index (κ2) is 4.73. The summed E-state index contributed by atoms with van der Waals surface area (Å²) in [5.74, 6) is 0. The highest BCUT2D eigenvalue weighted by atomic mass is 79.9. The molecule has 1 aliphatic heterocycles. The van der Waals surface area contributed by atoms with Crippen molar-refractivity contribution in [2.24, 2.45) is 0 Å². The Morgan fingerprint density at radius 2 is 1.80 bits per heavy atom. The van der Waals surface area contributed by atoms with Crippen LogP contribution < -0.4 is 4.90 Å². The summed E-state index contributed by atoms with van der Waals surface area (Å²) in [5.41, 5.74) is 1.21. The van der Waals surface area contributed by atoms with Gasteiger partial charge in [-0.3, -0.25) is 0 Å². The summed E-state index contributed by atoms with van der Waals surface area (Å²) < 4.78 is 1.05. The number of halogens is 2. The van der Waals surface area contributed by atoms with Crippen molar-refractivity contribution in [3.63, 3.8) is 0 Å². The van der Waals surface area contributed by atoms with Crippen LogP contribution in [0.25, 0.3) is 0 Å². The third-order valence-corrected chi connectivity index (χ3v) is 3.39. The Morgan fingerprint density at radius 1 is 1.13 bits per heavy atom. The zero-order valence-electron chi connectivity index (χ0n) is 8.71. The van der Waals surface area contributed by atoms with Gasteiger partial charge in [0.2, 0.25) is 0 Å². The average Bonchev–Trinajstić information content (AvgIpc) is 2.17. The maximum atomic E-state index is 6.03. The van der Waals surface area contributed by atoms with Gasteiger partial charge in [-0.2, -0.15) is 0 Å². The first kappa shape index (κ1) is 11.2. The van der Waals surface area contributed by atoms with Crippen LogP contribution in [-0.4, -0.2) is 38.1 Å². The van der Waals surface area contributed by atoms with Crippen LogP contribution in [0.4, 0.5) is 5.69 Å². The van der Waals surface area contributed by atoms with E-state index in [0.29, 0.717) is 0 Å². The van der Waals surface area contributed by atoms with Gasteiger partial charge in [0.05, 0.1) is 0 Å². The molecular formula is C11H14BrClN2. The molecule has 1 aromatic carbocycles. The van der Waals surface area contributed by atoms with Crippen molar-refractivity contribution in [1.82, 2.24) is 4.90 Å². The first-order valence-electron chi connectivity index (χ1n) is 5.05. The topological polar surface area (TPSA) is 6.48 Å². The van der Waals surface area contributed by atoms with E-state index in [1.807, 2.05) is 12.1 Å². The SMILES string of the molecule is CN1CCN(c2cc(Cl)cc(Br)c2)CC1. The molecule has 0 radical (unpaired) electrons. The van der Waals surface area contributed by atoms with Crippen LogP contribution in [0, 0.1) is 0 Å². The molecule has 1 fully saturated rings. The van der Waals surface area contributed by atoms with E-state index in [0.717, 1.165) is 35.7 Å². The fraction of sp³-hybridized carbons (Fsp3) is 0.455. The molecule has 4 heteroatoms. The number of anilines is 1. The summed E-state index contributed by atoms with van der Waals surface area (Å²) in [4.78, 5) is 4.72. The first-order valence-corrected chi connectivity index (χ1v) is 6.22. The van der Waals surface area contributed by atoms with Crippen LogP contribution in [0.5, 0.6) is 0 Å². The average molecular weight is 290 g/mol. The van der Waals surface area contributed by atoms with E-state index < -0.39 is 0 Å². The van der Waals surface area contributed by atoms with Crippen LogP contribution in [0.15, 0.2) is 22.7 Å². The molecule has 0 N–H and O–H groups in total. The van der Waals surface area contributed by atoms with E-state index in [2.05, 4.69) is 38.8 Å². The molecule has 0 aliphatic carbocycles. The van der Waals surface area contributed by atoms with Gasteiger partial charge in [-0.15, -0.1) is 0 Å². The Kier molecular flexibility index (Phi) is 3.54. The summed E-state index contributed by atoms with van der Waals surface area (Å²) in [5, 5.41) is 0.790. The van der Waals surface area contributed by atoms with Gasteiger partial charge in [0, 0.05) is 41.4 Å². The molecule has 0 aromatic heterocycles. The van der Waals surface area contributed by atoms with Gasteiger partial charge in [-0.25, -0.2) is 0 Å². The van der Waals surface area contributed by atoms with Crippen molar-refractivity contribution in [2.45, 2.75) is 0 Å². The van der Waals surface area contributed by atoms with E-state index in [4.69, 9.17) is 11.6 Å². The minimum absolute atomic E-state index is 0.790. The molecule has 2 rings (SSSR count). The summed E-state index contributed by atoms with van der Waals surface area (Å²) >= 11 is 9.50. The Hall–Kier alpha value is -0.250. The van der Waals surface area contributed by atoms with Gasteiger partial charge in [0.1, 0.15) is 0 Å². The second-order valence-electron chi connectivity index (χ2n) is 3.92. The summed E-state index contributed by atoms with van der Waals surface area (Å²) in [7, 11) is 2.16. The highest BCUT2D eigenvalue weighted by Crippen LogP contribution is 2.26. The highest BCUT2D eigenvalue weighted by Gasteiger charge is 2.14. The molecule has 0 unspecified atom stereocenters. The van der Waals surface area contributed by atoms with E-state index in [1.54, 1.807) is 0 Å². The van der Waals surface area contributed by atoms with Gasteiger partial charge in [-0.1, -0.05) is 27.5 Å². The summed E-state index contributed by atoms with van der Waals surface area (Å²) in [6.45, 7) is 4.38. The molecule has 0 saturated carbocycles. The zero-order chi connectivity index (χ0) is 10.8. The molecule has 0 atom stereocenters. The van der Waals surface area contributed by atoms with Gasteiger partial charge in [-0.05, 0) is 25.2 Å². The largest absolute Gasteiger partial charge is 0.369 e. The third-order valence-electron chi connectivity index (χ3n) is 2.72. The molecule has 1 aromatic rings. The quantitative estimate of drug-likeness (QED) is 0.784. The number of likely N-dealkylation sites (N-methyl/N-ethyl adjacent to an activating group) is 1. The lowest BCUT2D eigenvalue weighted by molar-refractivity contribution is 0.313. The van der Waals surface area contributed by atoms with Crippen LogP contribution >= 0.6 is 27.5 Å². The highest BCUT2D eigenvalue weighted by molar-refractivity contribution is 9.10. The Bertz CT molecular complexity index is 328. The number of nitrogens with zero attached hydrogens (tertiary/aromatic N) is 2. The minimum Gasteiger partial charge on any atom is -0.369 e. The molecule has 2 nitrogen and oxygen atoms in total. The lowest BCUT2D eigenvalue weighted by Gasteiger charge is -2.34. The van der Waals surface area contributed by atoms with Crippen molar-refractivity contribution in [1.29, 1.82) is 0 Å². The van der Waals surface area contributed by atoms with E-state index in [9.17, 15) is 0 Å². The van der Waals surface area contributed by atoms with Gasteiger partial charge >= 0.3 is 0 Å². The zero-order valence-corrected chi connectivity index (χ0v) is 11.1. The number of hydrogen-bond donors (Lipinski definition) is 0. The van der Waals surface area contributed by atoms with E-state index >= 15 is 0 Å². The molecule has 82 valence electrons. The molecule has 15 heavy (non-hydrogen) atoms. The van der Waals surface area contributed by atoms with Crippen LogP contribution in [0.2, 0.25) is 5.02 Å². The van der Waals surface area contributed by atoms with Crippen molar-refractivity contribution < 1.29 is 0 Å². The van der Waals surface area contributed by atoms with Gasteiger partial charge in [0.25, 0.3) is 0 Å². The van der Waals surface area contributed by atoms with Crippen LogP contribution in [0.3, 0.4) is 0 Å². The number of rotatable bonds is 1. The fourth-order valence-electron chi connectivity index (χ4n) is 1.79. The summed E-state index contributed by atoms with van der Waals surface area (Å²) in [6, 6.07) is 6.07. The van der Waals surface area contributed by atoms with E-state index in [-0.39, 0.29) is 0 Å². The third kappa shape index (κ3) is 2.86. The monoisotopic (exact) mass is 288 g/mol. The maximum Gasteiger partial charge on any atom is 0.0437 e. The molecule has 1 aliphatic rings. The Labute approximate surface area is 104 Å². The van der Waals surface area contributed by atoms with E-state index in [1.165, 1.54) is 5.69 Å². The Balaban J connectivity index is 2.15. The molecule has 0 amide bonds. The second-order valence-corrected chi connectivity index (χ2v) is 5.27. The van der Waals surface area contributed by atoms with Gasteiger partial charge < -0.3 is 9.80 Å². The molecule has 1 heterocycles. The van der Waals surface area contributed by atoms with Crippen LogP contribution in [0.1, 0.15) is 0 Å². The minimum atomic E-state index is 0.790. The predicted octanol–water partition coefficient (Wildman–Crippen LogP) is 2.85. The van der Waals surface area contributed by atoms with Crippen molar-refractivity contribution in [3.8, 4) is 0 Å². The summed E-state index contributed by atoms with van der Waals surface area (Å²) in [6.07, 6.45) is 0. The lowest BCUT2D eigenvalue weighted by atomic mass is 10.2. The molecule has 1 saturated heterocycles. The Morgan fingerprint density at radius 3 is 2.40 bits per heavy atom. The standard InChI is InChI=1S/C11H14BrClN2/c1-14-2-4-15(5-3-14)11-7-9(12)6-10(13)8-11/h6-8H,2-5H2,1H3. The van der Waals surface area contributed by atoms with Crippen LogP contribution in [-0.2, 0) is 0 Å². The molecule has 0 spiro atoms. The number of piperazine rings is 1. The normalized spacial score (nSPS) is 18.2. The smallest absolute Gasteiger partial charge is 0.0437 e. The van der Waals surface area contributed by atoms with Crippen molar-refractivity contribution in [3.05, 3.63) is 27.7 Å². The molecule has 0 bridgehead atoms. The number of benzene rings is 1. The first-order chi connectivity index (χ1) is 7.15. The fourth-order valence-corrected chi connectivity index (χ4v) is 2.63. The maximum absolute atomic E-state index is 6.03. The number of hydrogen-bond acceptors (Lipinski definition) is 2. The van der Waals surface area contributed by atoms with Crippen molar-refractivity contribution >= 4 is 33.2 Å².